The van der Waals surface area contributed by atoms with Gasteiger partial charge in [0, 0.05) is 43.5 Å². The van der Waals surface area contributed by atoms with Gasteiger partial charge in [-0.25, -0.2) is 18.8 Å². The molecule has 7 nitrogen and oxygen atoms in total. The molecule has 28 heavy (non-hydrogen) atoms. The largest absolute Gasteiger partial charge is 0.347 e. The standard InChI is InChI=1S/C19H22F2N4O3/c1-12-16(11-13-14(20)3-2-4-15(13)21)22-18(23-17(12)26)24-25-7-5-19(6-8-25)27-9-10-28-19/h2-4H,5-11H2,1H3,(H2,22,23,24,26). The summed E-state index contributed by atoms with van der Waals surface area (Å²) in [6.07, 6.45) is 1.29. The molecule has 2 aliphatic heterocycles. The van der Waals surface area contributed by atoms with Crippen LogP contribution in [0.5, 0.6) is 0 Å². The maximum Gasteiger partial charge on any atom is 0.255 e. The monoisotopic (exact) mass is 392 g/mol. The number of ether oxygens (including phenoxy) is 2. The average Bonchev–Trinajstić information content (AvgIpc) is 3.12. The van der Waals surface area contributed by atoms with Crippen molar-refractivity contribution in [1.29, 1.82) is 0 Å². The number of hydrogen-bond acceptors (Lipinski definition) is 6. The number of halogens is 2. The first-order valence-corrected chi connectivity index (χ1v) is 9.28. The van der Waals surface area contributed by atoms with Crippen LogP contribution < -0.4 is 11.0 Å². The second-order valence-corrected chi connectivity index (χ2v) is 7.07. The number of anilines is 1. The first kappa shape index (κ1) is 19.0. The van der Waals surface area contributed by atoms with E-state index in [1.165, 1.54) is 18.2 Å². The first-order valence-electron chi connectivity index (χ1n) is 9.28. The van der Waals surface area contributed by atoms with E-state index in [1.807, 2.05) is 5.01 Å². The fourth-order valence-corrected chi connectivity index (χ4v) is 3.57. The maximum atomic E-state index is 14.0. The van der Waals surface area contributed by atoms with Gasteiger partial charge in [0.2, 0.25) is 5.95 Å². The van der Waals surface area contributed by atoms with Crippen LogP contribution >= 0.6 is 0 Å². The van der Waals surface area contributed by atoms with Gasteiger partial charge in [0.1, 0.15) is 11.6 Å². The molecule has 2 fully saturated rings. The molecule has 0 unspecified atom stereocenters. The molecule has 9 heteroatoms. The summed E-state index contributed by atoms with van der Waals surface area (Å²) in [5, 5.41) is 1.91. The van der Waals surface area contributed by atoms with E-state index in [2.05, 4.69) is 15.4 Å². The molecule has 0 amide bonds. The molecule has 2 aliphatic rings. The Labute approximate surface area is 160 Å². The lowest BCUT2D eigenvalue weighted by molar-refractivity contribution is -0.183. The number of benzene rings is 1. The third kappa shape index (κ3) is 3.78. The van der Waals surface area contributed by atoms with Crippen LogP contribution in [0.4, 0.5) is 14.7 Å². The Balaban J connectivity index is 1.50. The first-order chi connectivity index (χ1) is 13.5. The number of piperidine rings is 1. The van der Waals surface area contributed by atoms with Crippen molar-refractivity contribution < 1.29 is 18.3 Å². The number of nitrogens with zero attached hydrogens (tertiary/aromatic N) is 2. The summed E-state index contributed by atoms with van der Waals surface area (Å²) in [5.41, 5.74) is 3.28. The average molecular weight is 392 g/mol. The Hall–Kier alpha value is -2.36. The van der Waals surface area contributed by atoms with Gasteiger partial charge in [-0.2, -0.15) is 0 Å². The van der Waals surface area contributed by atoms with Crippen LogP contribution in [0.25, 0.3) is 0 Å². The zero-order chi connectivity index (χ0) is 19.7. The van der Waals surface area contributed by atoms with Crippen LogP contribution in [-0.4, -0.2) is 47.1 Å². The van der Waals surface area contributed by atoms with Crippen molar-refractivity contribution in [2.45, 2.75) is 32.0 Å². The molecule has 150 valence electrons. The lowest BCUT2D eigenvalue weighted by Crippen LogP contribution is -2.47. The van der Waals surface area contributed by atoms with Gasteiger partial charge in [0.15, 0.2) is 5.79 Å². The summed E-state index contributed by atoms with van der Waals surface area (Å²) in [6, 6.07) is 3.69. The van der Waals surface area contributed by atoms with E-state index in [0.29, 0.717) is 50.4 Å². The fourth-order valence-electron chi connectivity index (χ4n) is 3.57. The summed E-state index contributed by atoms with van der Waals surface area (Å²) < 4.78 is 39.4. The topological polar surface area (TPSA) is 79.5 Å². The lowest BCUT2D eigenvalue weighted by atomic mass is 10.1. The lowest BCUT2D eigenvalue weighted by Gasteiger charge is -2.37. The predicted molar refractivity (Wildman–Crippen MR) is 97.8 cm³/mol. The summed E-state index contributed by atoms with van der Waals surface area (Å²) in [6.45, 7) is 4.10. The number of hydrogen-bond donors (Lipinski definition) is 2. The highest BCUT2D eigenvalue weighted by atomic mass is 19.1. The van der Waals surface area contributed by atoms with Crippen LogP contribution in [-0.2, 0) is 15.9 Å². The van der Waals surface area contributed by atoms with Crippen LogP contribution in [0.15, 0.2) is 23.0 Å². The molecule has 4 rings (SSSR count). The Morgan fingerprint density at radius 3 is 2.50 bits per heavy atom. The van der Waals surface area contributed by atoms with E-state index in [9.17, 15) is 13.6 Å². The van der Waals surface area contributed by atoms with Crippen molar-refractivity contribution in [3.8, 4) is 0 Å². The quantitative estimate of drug-likeness (QED) is 0.830. The minimum Gasteiger partial charge on any atom is -0.347 e. The van der Waals surface area contributed by atoms with Crippen molar-refractivity contribution in [1.82, 2.24) is 15.0 Å². The minimum atomic E-state index is -0.658. The smallest absolute Gasteiger partial charge is 0.255 e. The number of aromatic amines is 1. The SMILES string of the molecule is Cc1c(Cc2c(F)cccc2F)nc(NN2CCC3(CC2)OCCO3)[nH]c1=O. The zero-order valence-electron chi connectivity index (χ0n) is 15.6. The molecule has 0 radical (unpaired) electrons. The van der Waals surface area contributed by atoms with E-state index in [4.69, 9.17) is 9.47 Å². The Morgan fingerprint density at radius 1 is 1.21 bits per heavy atom. The van der Waals surface area contributed by atoms with Gasteiger partial charge in [-0.05, 0) is 19.1 Å². The summed E-state index contributed by atoms with van der Waals surface area (Å²) in [4.78, 5) is 19.3. The van der Waals surface area contributed by atoms with Crippen molar-refractivity contribution >= 4 is 5.95 Å². The fraction of sp³-hybridized carbons (Fsp3) is 0.474. The predicted octanol–water partition coefficient (Wildman–Crippen LogP) is 2.11. The van der Waals surface area contributed by atoms with Gasteiger partial charge in [-0.3, -0.25) is 15.2 Å². The van der Waals surface area contributed by atoms with E-state index in [0.717, 1.165) is 0 Å². The molecule has 3 heterocycles. The number of nitrogens with one attached hydrogen (secondary N) is 2. The van der Waals surface area contributed by atoms with Crippen LogP contribution in [0.2, 0.25) is 0 Å². The molecular formula is C19H22F2N4O3. The highest BCUT2D eigenvalue weighted by molar-refractivity contribution is 5.33. The van der Waals surface area contributed by atoms with Gasteiger partial charge in [0.05, 0.1) is 18.9 Å². The van der Waals surface area contributed by atoms with E-state index in [-0.39, 0.29) is 23.5 Å². The Morgan fingerprint density at radius 2 is 1.86 bits per heavy atom. The van der Waals surface area contributed by atoms with Crippen LogP contribution in [0.3, 0.4) is 0 Å². The second-order valence-electron chi connectivity index (χ2n) is 7.07. The van der Waals surface area contributed by atoms with E-state index < -0.39 is 17.4 Å². The number of H-pyrrole nitrogens is 1. The van der Waals surface area contributed by atoms with Gasteiger partial charge in [-0.15, -0.1) is 0 Å². The minimum absolute atomic E-state index is 0.103. The summed E-state index contributed by atoms with van der Waals surface area (Å²) in [5.74, 6) is -1.57. The van der Waals surface area contributed by atoms with E-state index in [1.54, 1.807) is 6.92 Å². The van der Waals surface area contributed by atoms with Crippen LogP contribution in [0, 0.1) is 18.6 Å². The van der Waals surface area contributed by atoms with Crippen molar-refractivity contribution in [3.05, 3.63) is 57.0 Å². The van der Waals surface area contributed by atoms with Gasteiger partial charge in [-0.1, -0.05) is 6.07 Å². The van der Waals surface area contributed by atoms with Gasteiger partial charge >= 0.3 is 0 Å². The number of rotatable bonds is 4. The molecule has 0 atom stereocenters. The molecule has 0 bridgehead atoms. The molecule has 1 aromatic heterocycles. The third-order valence-electron chi connectivity index (χ3n) is 5.26. The Bertz CT molecular complexity index is 898. The van der Waals surface area contributed by atoms with Crippen molar-refractivity contribution in [3.63, 3.8) is 0 Å². The van der Waals surface area contributed by atoms with Crippen molar-refractivity contribution in [2.24, 2.45) is 0 Å². The highest BCUT2D eigenvalue weighted by Gasteiger charge is 2.39. The third-order valence-corrected chi connectivity index (χ3v) is 5.26. The molecule has 2 aromatic rings. The van der Waals surface area contributed by atoms with Crippen LogP contribution in [0.1, 0.15) is 29.7 Å². The zero-order valence-corrected chi connectivity index (χ0v) is 15.6. The van der Waals surface area contributed by atoms with E-state index >= 15 is 0 Å². The summed E-state index contributed by atoms with van der Waals surface area (Å²) in [7, 11) is 0. The molecule has 0 saturated carbocycles. The molecule has 1 spiro atoms. The molecule has 0 aliphatic carbocycles. The summed E-state index contributed by atoms with van der Waals surface area (Å²) >= 11 is 0. The molecular weight excluding hydrogens is 370 g/mol. The number of hydrazine groups is 1. The highest BCUT2D eigenvalue weighted by Crippen LogP contribution is 2.31. The molecule has 2 N–H and O–H groups in total. The molecule has 2 saturated heterocycles. The maximum absolute atomic E-state index is 14.0. The Kier molecular flexibility index (Phi) is 5.13. The van der Waals surface area contributed by atoms with Gasteiger partial charge in [0.25, 0.3) is 5.56 Å². The normalized spacial score (nSPS) is 19.2. The van der Waals surface area contributed by atoms with Crippen molar-refractivity contribution in [2.75, 3.05) is 31.7 Å². The van der Waals surface area contributed by atoms with Gasteiger partial charge < -0.3 is 9.47 Å². The second kappa shape index (κ2) is 7.57. The number of aromatic nitrogens is 2. The molecule has 1 aromatic carbocycles.